The maximum Gasteiger partial charge on any atom is 0.416 e. The number of carbonyl (C=O) groups is 1. The number of rotatable bonds is 5. The smallest absolute Gasteiger partial charge is 0.358 e. The van der Waals surface area contributed by atoms with Gasteiger partial charge < -0.3 is 15.2 Å². The third-order valence-corrected chi connectivity index (χ3v) is 5.88. The Balaban J connectivity index is 1.25. The number of fused-ring (bicyclic) bond motifs is 1. The van der Waals surface area contributed by atoms with Crippen molar-refractivity contribution in [2.45, 2.75) is 43.9 Å². The van der Waals surface area contributed by atoms with Crippen LogP contribution in [0.15, 0.2) is 22.7 Å². The van der Waals surface area contributed by atoms with E-state index >= 15 is 0 Å². The molecule has 160 valence electrons. The monoisotopic (exact) mass is 421 g/mol. The lowest BCUT2D eigenvalue weighted by atomic mass is 9.85. The molecule has 1 aliphatic heterocycles. The first-order valence-electron chi connectivity index (χ1n) is 9.97. The van der Waals surface area contributed by atoms with Crippen LogP contribution < -0.4 is 10.6 Å². The van der Waals surface area contributed by atoms with Gasteiger partial charge in [0, 0.05) is 25.0 Å². The molecule has 0 bridgehead atoms. The van der Waals surface area contributed by atoms with Gasteiger partial charge in [0.25, 0.3) is 0 Å². The molecular formula is C20H22F3N5O2. The molecule has 2 aliphatic rings. The number of nitriles is 1. The van der Waals surface area contributed by atoms with Crippen molar-refractivity contribution >= 4 is 22.7 Å². The summed E-state index contributed by atoms with van der Waals surface area (Å²) in [4.78, 5) is 14.5. The summed E-state index contributed by atoms with van der Waals surface area (Å²) < 4.78 is 43.7. The number of nitrogens with one attached hydrogen (secondary N) is 2. The highest BCUT2D eigenvalue weighted by Gasteiger charge is 2.35. The van der Waals surface area contributed by atoms with Crippen LogP contribution in [0.1, 0.15) is 31.2 Å². The molecule has 2 aromatic rings. The molecule has 30 heavy (non-hydrogen) atoms. The molecule has 1 aliphatic carbocycles. The van der Waals surface area contributed by atoms with Crippen molar-refractivity contribution in [3.8, 4) is 6.07 Å². The molecule has 1 amide bonds. The summed E-state index contributed by atoms with van der Waals surface area (Å²) in [6, 6.07) is 5.96. The Morgan fingerprint density at radius 1 is 1.27 bits per heavy atom. The van der Waals surface area contributed by atoms with E-state index in [1.54, 1.807) is 0 Å². The largest absolute Gasteiger partial charge is 0.416 e. The van der Waals surface area contributed by atoms with Crippen LogP contribution in [-0.2, 0) is 11.0 Å². The zero-order chi connectivity index (χ0) is 21.3. The minimum atomic E-state index is -4.47. The molecule has 0 atom stereocenters. The highest BCUT2D eigenvalue weighted by molar-refractivity contribution is 5.90. The maximum atomic E-state index is 12.9. The number of aromatic nitrogens is 1. The first kappa shape index (κ1) is 20.5. The molecule has 1 saturated heterocycles. The average molecular weight is 421 g/mol. The highest BCUT2D eigenvalue weighted by atomic mass is 19.4. The Morgan fingerprint density at radius 3 is 2.67 bits per heavy atom. The van der Waals surface area contributed by atoms with Crippen LogP contribution in [-0.4, -0.2) is 47.7 Å². The maximum absolute atomic E-state index is 12.9. The van der Waals surface area contributed by atoms with Gasteiger partial charge >= 0.3 is 6.18 Å². The van der Waals surface area contributed by atoms with Crippen molar-refractivity contribution in [2.24, 2.45) is 5.92 Å². The summed E-state index contributed by atoms with van der Waals surface area (Å²) >= 11 is 0. The lowest BCUT2D eigenvalue weighted by Gasteiger charge is -2.46. The predicted molar refractivity (Wildman–Crippen MR) is 102 cm³/mol. The molecule has 7 nitrogen and oxygen atoms in total. The number of alkyl halides is 3. The summed E-state index contributed by atoms with van der Waals surface area (Å²) in [7, 11) is 0. The van der Waals surface area contributed by atoms with Crippen molar-refractivity contribution < 1.29 is 22.5 Å². The SMILES string of the molecule is N#CC1CCC(N2CC(NC(=O)CNc3noc4ccc(C(F)(F)F)cc34)C2)CC1. The first-order valence-corrected chi connectivity index (χ1v) is 9.97. The van der Waals surface area contributed by atoms with E-state index in [4.69, 9.17) is 9.78 Å². The Labute approximate surface area is 171 Å². The second kappa shape index (κ2) is 8.14. The number of likely N-dealkylation sites (tertiary alicyclic amines) is 1. The van der Waals surface area contributed by atoms with E-state index in [-0.39, 0.29) is 41.2 Å². The molecule has 0 spiro atoms. The molecule has 10 heteroatoms. The molecule has 2 fully saturated rings. The Kier molecular flexibility index (Phi) is 5.56. The van der Waals surface area contributed by atoms with Crippen molar-refractivity contribution in [3.63, 3.8) is 0 Å². The molecule has 0 unspecified atom stereocenters. The van der Waals surface area contributed by atoms with E-state index in [2.05, 4.69) is 26.8 Å². The molecule has 2 N–H and O–H groups in total. The Morgan fingerprint density at radius 2 is 2.00 bits per heavy atom. The average Bonchev–Trinajstić information content (AvgIpc) is 3.10. The number of benzene rings is 1. The molecular weight excluding hydrogens is 399 g/mol. The van der Waals surface area contributed by atoms with Crippen molar-refractivity contribution in [2.75, 3.05) is 25.0 Å². The summed E-state index contributed by atoms with van der Waals surface area (Å²) in [5, 5.41) is 18.6. The van der Waals surface area contributed by atoms with Gasteiger partial charge in [-0.3, -0.25) is 9.69 Å². The molecule has 1 aromatic heterocycles. The van der Waals surface area contributed by atoms with Crippen LogP contribution in [0.3, 0.4) is 0 Å². The number of amides is 1. The molecule has 4 rings (SSSR count). The van der Waals surface area contributed by atoms with Crippen molar-refractivity contribution in [1.29, 1.82) is 5.26 Å². The summed E-state index contributed by atoms with van der Waals surface area (Å²) in [5.41, 5.74) is -0.587. The number of hydrogen-bond acceptors (Lipinski definition) is 6. The lowest BCUT2D eigenvalue weighted by molar-refractivity contribution is -0.137. The minimum absolute atomic E-state index is 0.0545. The van der Waals surface area contributed by atoms with Gasteiger partial charge in [-0.25, -0.2) is 0 Å². The fourth-order valence-electron chi connectivity index (χ4n) is 4.16. The van der Waals surface area contributed by atoms with Gasteiger partial charge in [-0.15, -0.1) is 0 Å². The van der Waals surface area contributed by atoms with Crippen LogP contribution in [0.4, 0.5) is 19.0 Å². The molecule has 0 radical (unpaired) electrons. The van der Waals surface area contributed by atoms with Crippen LogP contribution in [0, 0.1) is 17.2 Å². The number of hydrogen-bond donors (Lipinski definition) is 2. The summed E-state index contributed by atoms with van der Waals surface area (Å²) in [6.07, 6.45) is -0.579. The molecule has 2 heterocycles. The van der Waals surface area contributed by atoms with E-state index in [1.165, 1.54) is 6.07 Å². The van der Waals surface area contributed by atoms with E-state index in [1.807, 2.05) is 0 Å². The van der Waals surface area contributed by atoms with Crippen LogP contribution >= 0.6 is 0 Å². The predicted octanol–water partition coefficient (Wildman–Crippen LogP) is 3.14. The fraction of sp³-hybridized carbons (Fsp3) is 0.550. The highest BCUT2D eigenvalue weighted by Crippen LogP contribution is 2.33. The van der Waals surface area contributed by atoms with Gasteiger partial charge in [0.2, 0.25) is 5.91 Å². The molecule has 1 aromatic carbocycles. The van der Waals surface area contributed by atoms with Gasteiger partial charge in [0.15, 0.2) is 11.4 Å². The topological polar surface area (TPSA) is 94.2 Å². The third kappa shape index (κ3) is 4.36. The van der Waals surface area contributed by atoms with Crippen LogP contribution in [0.5, 0.6) is 0 Å². The van der Waals surface area contributed by atoms with E-state index in [0.29, 0.717) is 6.04 Å². The Bertz CT molecular complexity index is 953. The van der Waals surface area contributed by atoms with Gasteiger partial charge in [0.1, 0.15) is 0 Å². The zero-order valence-electron chi connectivity index (χ0n) is 16.2. The number of halogens is 3. The zero-order valence-corrected chi connectivity index (χ0v) is 16.2. The third-order valence-electron chi connectivity index (χ3n) is 5.88. The quantitative estimate of drug-likeness (QED) is 0.770. The van der Waals surface area contributed by atoms with E-state index < -0.39 is 11.7 Å². The second-order valence-corrected chi connectivity index (χ2v) is 7.95. The Hall–Kier alpha value is -2.80. The normalized spacial score (nSPS) is 23.0. The first-order chi connectivity index (χ1) is 14.3. The standard InChI is InChI=1S/C20H22F3N5O2/c21-20(22,23)13-3-6-17-16(7-13)19(27-30-17)25-9-18(29)26-14-10-28(11-14)15-4-1-12(8-24)2-5-15/h3,6-7,12,14-15H,1-2,4-5,9-11H2,(H,25,27)(H,26,29). The van der Waals surface area contributed by atoms with Crippen molar-refractivity contribution in [3.05, 3.63) is 23.8 Å². The second-order valence-electron chi connectivity index (χ2n) is 7.95. The van der Waals surface area contributed by atoms with E-state index in [9.17, 15) is 18.0 Å². The number of nitrogens with zero attached hydrogens (tertiary/aromatic N) is 3. The summed E-state index contributed by atoms with van der Waals surface area (Å²) in [5.74, 6) is 0.0237. The van der Waals surface area contributed by atoms with Crippen molar-refractivity contribution in [1.82, 2.24) is 15.4 Å². The minimum Gasteiger partial charge on any atom is -0.358 e. The number of carbonyl (C=O) groups excluding carboxylic acids is 1. The van der Waals surface area contributed by atoms with Gasteiger partial charge in [-0.2, -0.15) is 18.4 Å². The fourth-order valence-corrected chi connectivity index (χ4v) is 4.16. The van der Waals surface area contributed by atoms with Crippen LogP contribution in [0.25, 0.3) is 11.0 Å². The van der Waals surface area contributed by atoms with E-state index in [0.717, 1.165) is 50.9 Å². The summed E-state index contributed by atoms with van der Waals surface area (Å²) in [6.45, 7) is 1.44. The lowest BCUT2D eigenvalue weighted by Crippen LogP contribution is -2.63. The number of anilines is 1. The van der Waals surface area contributed by atoms with Gasteiger partial charge in [-0.05, 0) is 43.9 Å². The van der Waals surface area contributed by atoms with Gasteiger partial charge in [-0.1, -0.05) is 5.16 Å². The van der Waals surface area contributed by atoms with Crippen LogP contribution in [0.2, 0.25) is 0 Å². The molecule has 1 saturated carbocycles. The van der Waals surface area contributed by atoms with Gasteiger partial charge in [0.05, 0.1) is 29.6 Å².